The summed E-state index contributed by atoms with van der Waals surface area (Å²) in [5.74, 6) is 2.64. The monoisotopic (exact) mass is 576 g/mol. The Kier molecular flexibility index (Phi) is 11.0. The highest BCUT2D eigenvalue weighted by molar-refractivity contribution is 5.58. The SMILES string of the molecule is COc1cc(C2(c3cc(OC)c(O)c(C4CCCCC4)c3)CCCCCCCCCCC2)cc(C2CCCCC2)c1O. The van der Waals surface area contributed by atoms with E-state index in [0.717, 1.165) is 49.7 Å². The van der Waals surface area contributed by atoms with Crippen molar-refractivity contribution in [2.24, 2.45) is 0 Å². The first kappa shape index (κ1) is 31.1. The number of methoxy groups -OCH3 is 2. The number of benzene rings is 2. The lowest BCUT2D eigenvalue weighted by Crippen LogP contribution is -2.29. The summed E-state index contributed by atoms with van der Waals surface area (Å²) in [7, 11) is 3.39. The molecule has 0 amide bonds. The first-order valence-electron chi connectivity index (χ1n) is 17.4. The molecule has 0 radical (unpaired) electrons. The number of aromatic hydroxyl groups is 2. The number of hydrogen-bond donors (Lipinski definition) is 2. The third-order valence-corrected chi connectivity index (χ3v) is 11.1. The van der Waals surface area contributed by atoms with E-state index in [9.17, 15) is 10.2 Å². The van der Waals surface area contributed by atoms with E-state index in [1.165, 1.54) is 107 Å². The normalized spacial score (nSPS) is 21.7. The molecule has 0 unspecified atom stereocenters. The van der Waals surface area contributed by atoms with Gasteiger partial charge in [-0.05, 0) is 73.6 Å². The highest BCUT2D eigenvalue weighted by Gasteiger charge is 2.38. The second-order valence-electron chi connectivity index (χ2n) is 13.7. The lowest BCUT2D eigenvalue weighted by molar-refractivity contribution is 0.345. The van der Waals surface area contributed by atoms with Gasteiger partial charge >= 0.3 is 0 Å². The van der Waals surface area contributed by atoms with Crippen molar-refractivity contribution < 1.29 is 19.7 Å². The van der Waals surface area contributed by atoms with Crippen molar-refractivity contribution >= 4 is 0 Å². The van der Waals surface area contributed by atoms with Gasteiger partial charge in [-0.3, -0.25) is 0 Å². The fraction of sp³-hybridized carbons (Fsp3) is 0.684. The molecule has 2 N–H and O–H groups in total. The second kappa shape index (κ2) is 14.9. The van der Waals surface area contributed by atoms with Gasteiger partial charge in [0.05, 0.1) is 14.2 Å². The molecule has 3 saturated carbocycles. The van der Waals surface area contributed by atoms with Gasteiger partial charge in [0, 0.05) is 16.5 Å². The molecule has 3 fully saturated rings. The quantitative estimate of drug-likeness (QED) is 0.359. The summed E-state index contributed by atoms with van der Waals surface area (Å²) >= 11 is 0. The minimum Gasteiger partial charge on any atom is -0.504 e. The molecule has 42 heavy (non-hydrogen) atoms. The van der Waals surface area contributed by atoms with Crippen LogP contribution in [0.1, 0.15) is 169 Å². The van der Waals surface area contributed by atoms with Gasteiger partial charge in [-0.15, -0.1) is 0 Å². The number of ether oxygens (including phenoxy) is 2. The predicted molar refractivity (Wildman–Crippen MR) is 173 cm³/mol. The van der Waals surface area contributed by atoms with E-state index >= 15 is 0 Å². The van der Waals surface area contributed by atoms with Gasteiger partial charge in [-0.25, -0.2) is 0 Å². The van der Waals surface area contributed by atoms with Crippen LogP contribution >= 0.6 is 0 Å². The molecule has 0 saturated heterocycles. The highest BCUT2D eigenvalue weighted by Crippen LogP contribution is 2.52. The minimum absolute atomic E-state index is 0.228. The number of hydrogen-bond acceptors (Lipinski definition) is 4. The van der Waals surface area contributed by atoms with Crippen molar-refractivity contribution in [1.29, 1.82) is 0 Å². The number of phenolic OH excluding ortho intramolecular Hbond substituents is 2. The molecule has 0 spiro atoms. The summed E-state index contributed by atoms with van der Waals surface area (Å²) in [4.78, 5) is 0. The zero-order valence-electron chi connectivity index (χ0n) is 26.5. The smallest absolute Gasteiger partial charge is 0.161 e. The molecule has 232 valence electrons. The molecule has 0 aromatic heterocycles. The molecule has 2 aromatic rings. The molecule has 4 heteroatoms. The van der Waals surface area contributed by atoms with E-state index in [1.807, 2.05) is 0 Å². The summed E-state index contributed by atoms with van der Waals surface area (Å²) in [6.45, 7) is 0. The fourth-order valence-corrected chi connectivity index (χ4v) is 8.53. The maximum absolute atomic E-state index is 11.4. The van der Waals surface area contributed by atoms with Gasteiger partial charge < -0.3 is 19.7 Å². The topological polar surface area (TPSA) is 58.9 Å². The van der Waals surface area contributed by atoms with E-state index in [1.54, 1.807) is 14.2 Å². The molecule has 5 rings (SSSR count). The van der Waals surface area contributed by atoms with Gasteiger partial charge in [-0.2, -0.15) is 0 Å². The van der Waals surface area contributed by atoms with Crippen molar-refractivity contribution in [2.75, 3.05) is 14.2 Å². The molecule has 3 aliphatic carbocycles. The summed E-state index contributed by atoms with van der Waals surface area (Å²) in [5, 5.41) is 22.8. The standard InChI is InChI=1S/C38H56O4/c1-41-34-26-30(24-32(36(34)39)28-18-12-10-13-19-28)38(22-16-8-6-4-3-5-7-9-17-23-38)31-25-33(29-20-14-11-15-21-29)37(40)35(27-31)42-2/h24-29,39-40H,3-23H2,1-2H3. The van der Waals surface area contributed by atoms with Crippen LogP contribution in [-0.4, -0.2) is 24.4 Å². The lowest BCUT2D eigenvalue weighted by Gasteiger charge is -2.38. The minimum atomic E-state index is -0.228. The van der Waals surface area contributed by atoms with Crippen LogP contribution in [0.25, 0.3) is 0 Å². The van der Waals surface area contributed by atoms with Crippen molar-refractivity contribution in [3.63, 3.8) is 0 Å². The first-order valence-corrected chi connectivity index (χ1v) is 17.4. The molecular formula is C38H56O4. The largest absolute Gasteiger partial charge is 0.504 e. The Hall–Kier alpha value is -2.36. The average molecular weight is 577 g/mol. The van der Waals surface area contributed by atoms with E-state index in [0.29, 0.717) is 34.8 Å². The Balaban J connectivity index is 1.69. The van der Waals surface area contributed by atoms with Gasteiger partial charge in [-0.1, -0.05) is 108 Å². The molecule has 0 heterocycles. The Morgan fingerprint density at radius 2 is 0.833 bits per heavy atom. The van der Waals surface area contributed by atoms with Gasteiger partial charge in [0.15, 0.2) is 23.0 Å². The third kappa shape index (κ3) is 6.89. The molecule has 4 nitrogen and oxygen atoms in total. The summed E-state index contributed by atoms with van der Waals surface area (Å²) in [6.07, 6.45) is 25.6. The zero-order valence-corrected chi connectivity index (χ0v) is 26.5. The molecule has 2 aromatic carbocycles. The Morgan fingerprint density at radius 1 is 0.500 bits per heavy atom. The van der Waals surface area contributed by atoms with Crippen LogP contribution in [0, 0.1) is 0 Å². The van der Waals surface area contributed by atoms with Crippen LogP contribution in [-0.2, 0) is 5.41 Å². The van der Waals surface area contributed by atoms with Crippen LogP contribution < -0.4 is 9.47 Å². The van der Waals surface area contributed by atoms with Crippen molar-refractivity contribution in [2.45, 2.75) is 152 Å². The summed E-state index contributed by atoms with van der Waals surface area (Å²) in [6, 6.07) is 9.01. The Morgan fingerprint density at radius 3 is 1.19 bits per heavy atom. The molecular weight excluding hydrogens is 520 g/mol. The summed E-state index contributed by atoms with van der Waals surface area (Å²) < 4.78 is 11.8. The molecule has 3 aliphatic rings. The van der Waals surface area contributed by atoms with Crippen LogP contribution in [0.15, 0.2) is 24.3 Å². The summed E-state index contributed by atoms with van der Waals surface area (Å²) in [5.41, 5.74) is 4.48. The van der Waals surface area contributed by atoms with Crippen LogP contribution in [0.3, 0.4) is 0 Å². The average Bonchev–Trinajstić information content (AvgIpc) is 3.03. The zero-order chi connectivity index (χ0) is 29.4. The van der Waals surface area contributed by atoms with E-state index < -0.39 is 0 Å². The molecule has 0 atom stereocenters. The Bertz CT molecular complexity index is 1050. The van der Waals surface area contributed by atoms with Crippen molar-refractivity contribution in [3.8, 4) is 23.0 Å². The number of phenols is 2. The molecule has 0 aliphatic heterocycles. The van der Waals surface area contributed by atoms with Gasteiger partial charge in [0.2, 0.25) is 0 Å². The van der Waals surface area contributed by atoms with Crippen LogP contribution in [0.4, 0.5) is 0 Å². The highest BCUT2D eigenvalue weighted by atomic mass is 16.5. The van der Waals surface area contributed by atoms with Gasteiger partial charge in [0.1, 0.15) is 0 Å². The maximum atomic E-state index is 11.4. The lowest BCUT2D eigenvalue weighted by atomic mass is 9.66. The van der Waals surface area contributed by atoms with Crippen LogP contribution in [0.5, 0.6) is 23.0 Å². The molecule has 0 bridgehead atoms. The van der Waals surface area contributed by atoms with E-state index in [-0.39, 0.29) is 5.41 Å². The van der Waals surface area contributed by atoms with Crippen LogP contribution in [0.2, 0.25) is 0 Å². The van der Waals surface area contributed by atoms with E-state index in [2.05, 4.69) is 24.3 Å². The number of rotatable bonds is 6. The second-order valence-corrected chi connectivity index (χ2v) is 13.7. The predicted octanol–water partition coefficient (Wildman–Crippen LogP) is 10.8. The Labute approximate surface area is 255 Å². The van der Waals surface area contributed by atoms with Gasteiger partial charge in [0.25, 0.3) is 0 Å². The van der Waals surface area contributed by atoms with Crippen molar-refractivity contribution in [1.82, 2.24) is 0 Å². The third-order valence-electron chi connectivity index (χ3n) is 11.1. The fourth-order valence-electron chi connectivity index (χ4n) is 8.53. The maximum Gasteiger partial charge on any atom is 0.161 e. The van der Waals surface area contributed by atoms with E-state index in [4.69, 9.17) is 9.47 Å². The first-order chi connectivity index (χ1) is 20.6. The van der Waals surface area contributed by atoms with Crippen molar-refractivity contribution in [3.05, 3.63) is 46.5 Å².